The lowest BCUT2D eigenvalue weighted by atomic mass is 10.2. The third-order valence-corrected chi connectivity index (χ3v) is 3.40. The van der Waals surface area contributed by atoms with Crippen molar-refractivity contribution in [2.45, 2.75) is 65.5 Å². The molecule has 1 aliphatic heterocycles. The number of nitrogens with zero attached hydrogens (tertiary/aromatic N) is 2. The van der Waals surface area contributed by atoms with Gasteiger partial charge in [0.1, 0.15) is 6.17 Å². The van der Waals surface area contributed by atoms with Crippen LogP contribution in [0, 0.1) is 0 Å². The van der Waals surface area contributed by atoms with Crippen LogP contribution in [0.25, 0.3) is 0 Å². The molecule has 0 aliphatic carbocycles. The Morgan fingerprint density at radius 3 is 2.25 bits per heavy atom. The zero-order valence-electron chi connectivity index (χ0n) is 11.3. The highest BCUT2D eigenvalue weighted by Gasteiger charge is 2.23. The fraction of sp³-hybridized carbons (Fsp3) is 0.857. The van der Waals surface area contributed by atoms with E-state index in [9.17, 15) is 0 Å². The zero-order valence-corrected chi connectivity index (χ0v) is 11.3. The lowest BCUT2D eigenvalue weighted by Crippen LogP contribution is -2.38. The van der Waals surface area contributed by atoms with Crippen LogP contribution < -0.4 is 0 Å². The van der Waals surface area contributed by atoms with Gasteiger partial charge < -0.3 is 9.80 Å². The van der Waals surface area contributed by atoms with Gasteiger partial charge in [0.2, 0.25) is 0 Å². The fourth-order valence-electron chi connectivity index (χ4n) is 2.41. The average molecular weight is 224 g/mol. The second-order valence-electron chi connectivity index (χ2n) is 4.70. The maximum absolute atomic E-state index is 2.53. The second kappa shape index (κ2) is 7.59. The first-order chi connectivity index (χ1) is 7.83. The van der Waals surface area contributed by atoms with E-state index in [0.29, 0.717) is 6.17 Å². The SMILES string of the molecule is CCCCCCN1C=CN(CC)C1CCC. The Morgan fingerprint density at radius 1 is 0.875 bits per heavy atom. The maximum atomic E-state index is 2.53. The Morgan fingerprint density at radius 2 is 1.62 bits per heavy atom. The molecule has 1 atom stereocenters. The van der Waals surface area contributed by atoms with Gasteiger partial charge in [0.05, 0.1) is 0 Å². The highest BCUT2D eigenvalue weighted by atomic mass is 15.4. The molecule has 0 fully saturated rings. The van der Waals surface area contributed by atoms with Crippen molar-refractivity contribution in [3.63, 3.8) is 0 Å². The van der Waals surface area contributed by atoms with Crippen molar-refractivity contribution in [1.29, 1.82) is 0 Å². The van der Waals surface area contributed by atoms with E-state index in [-0.39, 0.29) is 0 Å². The number of hydrogen-bond donors (Lipinski definition) is 0. The zero-order chi connectivity index (χ0) is 11.8. The number of rotatable bonds is 8. The molecule has 0 aromatic carbocycles. The highest BCUT2D eigenvalue weighted by molar-refractivity contribution is 4.96. The first kappa shape index (κ1) is 13.4. The van der Waals surface area contributed by atoms with Gasteiger partial charge >= 0.3 is 0 Å². The summed E-state index contributed by atoms with van der Waals surface area (Å²) >= 11 is 0. The van der Waals surface area contributed by atoms with Gasteiger partial charge in [-0.05, 0) is 19.8 Å². The summed E-state index contributed by atoms with van der Waals surface area (Å²) in [5.74, 6) is 0. The molecular weight excluding hydrogens is 196 g/mol. The molecule has 0 aromatic rings. The molecule has 16 heavy (non-hydrogen) atoms. The van der Waals surface area contributed by atoms with Gasteiger partial charge in [0.15, 0.2) is 0 Å². The first-order valence-electron chi connectivity index (χ1n) is 7.03. The summed E-state index contributed by atoms with van der Waals surface area (Å²) < 4.78 is 0. The molecule has 94 valence electrons. The van der Waals surface area contributed by atoms with E-state index in [1.807, 2.05) is 0 Å². The van der Waals surface area contributed by atoms with Crippen LogP contribution in [0.5, 0.6) is 0 Å². The molecule has 1 aliphatic rings. The topological polar surface area (TPSA) is 6.48 Å². The van der Waals surface area contributed by atoms with Gasteiger partial charge in [-0.25, -0.2) is 0 Å². The summed E-state index contributed by atoms with van der Waals surface area (Å²) in [5.41, 5.74) is 0. The molecule has 0 amide bonds. The van der Waals surface area contributed by atoms with Gasteiger partial charge in [-0.3, -0.25) is 0 Å². The molecule has 0 aromatic heterocycles. The predicted octanol–water partition coefficient (Wildman–Crippen LogP) is 3.80. The third kappa shape index (κ3) is 3.73. The van der Waals surface area contributed by atoms with Crippen LogP contribution in [0.4, 0.5) is 0 Å². The maximum Gasteiger partial charge on any atom is 0.101 e. The highest BCUT2D eigenvalue weighted by Crippen LogP contribution is 2.20. The Labute approximate surface area is 101 Å². The summed E-state index contributed by atoms with van der Waals surface area (Å²) in [5, 5.41) is 0. The average Bonchev–Trinajstić information content (AvgIpc) is 2.68. The number of unbranched alkanes of at least 4 members (excludes halogenated alkanes) is 3. The molecule has 1 heterocycles. The van der Waals surface area contributed by atoms with Crippen molar-refractivity contribution in [1.82, 2.24) is 9.80 Å². The minimum Gasteiger partial charge on any atom is -0.356 e. The fourth-order valence-corrected chi connectivity index (χ4v) is 2.41. The molecule has 0 spiro atoms. The minimum absolute atomic E-state index is 0.636. The predicted molar refractivity (Wildman–Crippen MR) is 71.1 cm³/mol. The van der Waals surface area contributed by atoms with Gasteiger partial charge in [0, 0.05) is 25.5 Å². The van der Waals surface area contributed by atoms with Crippen molar-refractivity contribution in [2.75, 3.05) is 13.1 Å². The summed E-state index contributed by atoms with van der Waals surface area (Å²) in [6.45, 7) is 9.16. The molecule has 0 saturated heterocycles. The monoisotopic (exact) mass is 224 g/mol. The number of hydrogen-bond acceptors (Lipinski definition) is 2. The van der Waals surface area contributed by atoms with Gasteiger partial charge in [-0.15, -0.1) is 0 Å². The Balaban J connectivity index is 2.31. The van der Waals surface area contributed by atoms with Gasteiger partial charge in [0.25, 0.3) is 0 Å². The minimum atomic E-state index is 0.636. The van der Waals surface area contributed by atoms with Crippen LogP contribution in [-0.2, 0) is 0 Å². The van der Waals surface area contributed by atoms with Crippen LogP contribution in [0.15, 0.2) is 12.4 Å². The van der Waals surface area contributed by atoms with Crippen LogP contribution in [0.1, 0.15) is 59.3 Å². The summed E-state index contributed by atoms with van der Waals surface area (Å²) in [6.07, 6.45) is 13.2. The van der Waals surface area contributed by atoms with Crippen LogP contribution in [0.3, 0.4) is 0 Å². The Kier molecular flexibility index (Phi) is 6.36. The smallest absolute Gasteiger partial charge is 0.101 e. The van der Waals surface area contributed by atoms with Crippen molar-refractivity contribution < 1.29 is 0 Å². The van der Waals surface area contributed by atoms with E-state index < -0.39 is 0 Å². The molecule has 2 heteroatoms. The molecule has 0 N–H and O–H groups in total. The molecule has 0 saturated carbocycles. The Bertz CT molecular complexity index is 201. The molecular formula is C14H28N2. The van der Waals surface area contributed by atoms with Gasteiger partial charge in [-0.2, -0.15) is 0 Å². The Hall–Kier alpha value is -0.660. The van der Waals surface area contributed by atoms with Crippen molar-refractivity contribution >= 4 is 0 Å². The van der Waals surface area contributed by atoms with Crippen molar-refractivity contribution in [3.05, 3.63) is 12.4 Å². The summed E-state index contributed by atoms with van der Waals surface area (Å²) in [7, 11) is 0. The van der Waals surface area contributed by atoms with E-state index in [2.05, 4.69) is 43.0 Å². The van der Waals surface area contributed by atoms with E-state index in [1.54, 1.807) is 0 Å². The molecule has 1 rings (SSSR count). The first-order valence-corrected chi connectivity index (χ1v) is 7.03. The lowest BCUT2D eigenvalue weighted by molar-refractivity contribution is 0.145. The summed E-state index contributed by atoms with van der Waals surface area (Å²) in [6, 6.07) is 0. The molecule has 0 bridgehead atoms. The third-order valence-electron chi connectivity index (χ3n) is 3.40. The van der Waals surface area contributed by atoms with Crippen LogP contribution in [0.2, 0.25) is 0 Å². The van der Waals surface area contributed by atoms with Crippen molar-refractivity contribution in [3.8, 4) is 0 Å². The lowest BCUT2D eigenvalue weighted by Gasteiger charge is -2.32. The molecule has 0 radical (unpaired) electrons. The largest absolute Gasteiger partial charge is 0.356 e. The van der Waals surface area contributed by atoms with Crippen molar-refractivity contribution in [2.24, 2.45) is 0 Å². The van der Waals surface area contributed by atoms with Gasteiger partial charge in [-0.1, -0.05) is 39.5 Å². The van der Waals surface area contributed by atoms with E-state index >= 15 is 0 Å². The normalized spacial score (nSPS) is 19.8. The van der Waals surface area contributed by atoms with E-state index in [1.165, 1.54) is 45.1 Å². The quantitative estimate of drug-likeness (QED) is 0.579. The summed E-state index contributed by atoms with van der Waals surface area (Å²) in [4.78, 5) is 4.99. The van der Waals surface area contributed by atoms with E-state index in [4.69, 9.17) is 0 Å². The van der Waals surface area contributed by atoms with Crippen LogP contribution in [-0.4, -0.2) is 29.1 Å². The second-order valence-corrected chi connectivity index (χ2v) is 4.70. The molecule has 2 nitrogen and oxygen atoms in total. The molecule has 1 unspecified atom stereocenters. The standard InChI is InChI=1S/C14H28N2/c1-4-7-8-9-11-16-13-12-15(6-3)14(16)10-5-2/h12-14H,4-11H2,1-3H3. The van der Waals surface area contributed by atoms with E-state index in [0.717, 1.165) is 6.54 Å². The van der Waals surface area contributed by atoms with Crippen LogP contribution >= 0.6 is 0 Å².